The van der Waals surface area contributed by atoms with E-state index in [2.05, 4.69) is 4.99 Å². The Bertz CT molecular complexity index is 172. The van der Waals surface area contributed by atoms with Crippen LogP contribution >= 0.6 is 0 Å². The third-order valence-electron chi connectivity index (χ3n) is 1.19. The summed E-state index contributed by atoms with van der Waals surface area (Å²) < 4.78 is 10.2. The Labute approximate surface area is 58.8 Å². The maximum absolute atomic E-state index is 9.74. The molecule has 4 heteroatoms. The number of isocyanates is 1. The third kappa shape index (κ3) is 1.64. The fraction of sp³-hybridized carbons (Fsp3) is 0.833. The fourth-order valence-electron chi connectivity index (χ4n) is 0.790. The van der Waals surface area contributed by atoms with Crippen molar-refractivity contribution in [3.63, 3.8) is 0 Å². The molecule has 0 aromatic rings. The Morgan fingerprint density at radius 1 is 1.70 bits per heavy atom. The van der Waals surface area contributed by atoms with Gasteiger partial charge in [0.25, 0.3) is 0 Å². The lowest BCUT2D eigenvalue weighted by Gasteiger charge is -2.14. The molecule has 1 aliphatic heterocycles. The van der Waals surface area contributed by atoms with E-state index in [9.17, 15) is 4.79 Å². The highest BCUT2D eigenvalue weighted by Gasteiger charge is 2.32. The van der Waals surface area contributed by atoms with Gasteiger partial charge in [-0.2, -0.15) is 4.99 Å². The summed E-state index contributed by atoms with van der Waals surface area (Å²) in [6.45, 7) is 3.88. The Morgan fingerprint density at radius 3 is 2.80 bits per heavy atom. The molecule has 0 amide bonds. The monoisotopic (exact) mass is 143 g/mol. The van der Waals surface area contributed by atoms with Gasteiger partial charge >= 0.3 is 0 Å². The first kappa shape index (κ1) is 7.41. The normalized spacial score (nSPS) is 29.6. The van der Waals surface area contributed by atoms with Crippen molar-refractivity contribution in [2.75, 3.05) is 6.61 Å². The average Bonchev–Trinajstić information content (AvgIpc) is 2.12. The lowest BCUT2D eigenvalue weighted by molar-refractivity contribution is -0.137. The molecular formula is C6H9NO3. The zero-order valence-corrected chi connectivity index (χ0v) is 5.96. The molecule has 1 saturated heterocycles. The van der Waals surface area contributed by atoms with E-state index in [0.29, 0.717) is 6.61 Å². The van der Waals surface area contributed by atoms with Crippen LogP contribution in [0.5, 0.6) is 0 Å². The van der Waals surface area contributed by atoms with Crippen molar-refractivity contribution in [3.05, 3.63) is 0 Å². The number of nitrogens with zero attached hydrogens (tertiary/aromatic N) is 1. The van der Waals surface area contributed by atoms with Crippen molar-refractivity contribution >= 4 is 6.08 Å². The molecule has 1 unspecified atom stereocenters. The zero-order chi connectivity index (χ0) is 7.61. The molecule has 0 aliphatic carbocycles. The summed E-state index contributed by atoms with van der Waals surface area (Å²) in [6.07, 6.45) is 0.952. The van der Waals surface area contributed by atoms with Gasteiger partial charge in [-0.1, -0.05) is 0 Å². The first-order valence-electron chi connectivity index (χ1n) is 3.03. The van der Waals surface area contributed by atoms with E-state index in [1.807, 2.05) is 0 Å². The second-order valence-electron chi connectivity index (χ2n) is 2.50. The zero-order valence-electron chi connectivity index (χ0n) is 5.96. The van der Waals surface area contributed by atoms with Crippen molar-refractivity contribution in [1.82, 2.24) is 0 Å². The van der Waals surface area contributed by atoms with Crippen molar-refractivity contribution in [2.24, 2.45) is 4.99 Å². The quantitative estimate of drug-likeness (QED) is 0.395. The molecule has 0 aromatic carbocycles. The van der Waals surface area contributed by atoms with E-state index in [-0.39, 0.29) is 0 Å². The molecular weight excluding hydrogens is 134 g/mol. The van der Waals surface area contributed by atoms with Crippen molar-refractivity contribution in [1.29, 1.82) is 0 Å². The summed E-state index contributed by atoms with van der Waals surface area (Å²) in [5.74, 6) is -0.606. The molecule has 10 heavy (non-hydrogen) atoms. The van der Waals surface area contributed by atoms with E-state index in [4.69, 9.17) is 9.47 Å². The van der Waals surface area contributed by atoms with Gasteiger partial charge in [-0.3, -0.25) is 0 Å². The summed E-state index contributed by atoms with van der Waals surface area (Å²) in [5.41, 5.74) is 0. The Morgan fingerprint density at radius 2 is 2.40 bits per heavy atom. The lowest BCUT2D eigenvalue weighted by Crippen LogP contribution is -2.20. The number of ether oxygens (including phenoxy) is 2. The summed E-state index contributed by atoms with van der Waals surface area (Å²) in [5, 5.41) is 0. The minimum absolute atomic E-state index is 0.336. The van der Waals surface area contributed by atoms with Gasteiger partial charge in [-0.05, 0) is 13.8 Å². The van der Waals surface area contributed by atoms with Gasteiger partial charge in [0.05, 0.1) is 6.61 Å². The lowest BCUT2D eigenvalue weighted by atomic mass is 10.4. The van der Waals surface area contributed by atoms with Gasteiger partial charge in [-0.15, -0.1) is 0 Å². The smallest absolute Gasteiger partial charge is 0.237 e. The third-order valence-corrected chi connectivity index (χ3v) is 1.19. The molecule has 56 valence electrons. The van der Waals surface area contributed by atoms with Crippen molar-refractivity contribution in [2.45, 2.75) is 25.9 Å². The SMILES string of the molecule is CC1(C)OCC(N=C=O)O1. The number of rotatable bonds is 1. The molecule has 1 aliphatic rings. The Kier molecular flexibility index (Phi) is 1.85. The first-order valence-corrected chi connectivity index (χ1v) is 3.03. The average molecular weight is 143 g/mol. The minimum Gasteiger partial charge on any atom is -0.346 e. The van der Waals surface area contributed by atoms with Crippen LogP contribution in [0.4, 0.5) is 0 Å². The summed E-state index contributed by atoms with van der Waals surface area (Å²) >= 11 is 0. The highest BCUT2D eigenvalue weighted by Crippen LogP contribution is 2.22. The van der Waals surface area contributed by atoms with Crippen LogP contribution in [-0.2, 0) is 14.3 Å². The summed E-state index contributed by atoms with van der Waals surface area (Å²) in [4.78, 5) is 13.1. The van der Waals surface area contributed by atoms with Crippen LogP contribution in [0.2, 0.25) is 0 Å². The predicted octanol–water partition coefficient (Wildman–Crippen LogP) is 0.431. The molecule has 1 rings (SSSR count). The molecule has 0 spiro atoms. The summed E-state index contributed by atoms with van der Waals surface area (Å²) in [7, 11) is 0. The maximum atomic E-state index is 9.74. The second kappa shape index (κ2) is 2.50. The molecule has 0 N–H and O–H groups in total. The van der Waals surface area contributed by atoms with E-state index in [1.165, 1.54) is 6.08 Å². The largest absolute Gasteiger partial charge is 0.346 e. The Hall–Kier alpha value is -0.700. The van der Waals surface area contributed by atoms with Gasteiger partial charge < -0.3 is 9.47 Å². The minimum atomic E-state index is -0.606. The molecule has 1 fully saturated rings. The fourth-order valence-corrected chi connectivity index (χ4v) is 0.790. The second-order valence-corrected chi connectivity index (χ2v) is 2.50. The molecule has 1 heterocycles. The van der Waals surface area contributed by atoms with E-state index < -0.39 is 12.0 Å². The van der Waals surface area contributed by atoms with Gasteiger partial charge in [0, 0.05) is 0 Å². The van der Waals surface area contributed by atoms with Crippen LogP contribution in [-0.4, -0.2) is 24.7 Å². The molecule has 0 saturated carbocycles. The predicted molar refractivity (Wildman–Crippen MR) is 33.0 cm³/mol. The van der Waals surface area contributed by atoms with Gasteiger partial charge in [0.15, 0.2) is 12.0 Å². The van der Waals surface area contributed by atoms with E-state index in [0.717, 1.165) is 0 Å². The van der Waals surface area contributed by atoms with Gasteiger partial charge in [0.2, 0.25) is 6.08 Å². The first-order chi connectivity index (χ1) is 4.64. The number of hydrogen-bond acceptors (Lipinski definition) is 4. The molecule has 1 atom stereocenters. The standard InChI is InChI=1S/C6H9NO3/c1-6(2)9-3-5(10-6)7-4-8/h5H,3H2,1-2H3. The van der Waals surface area contributed by atoms with Crippen LogP contribution < -0.4 is 0 Å². The number of hydrogen-bond donors (Lipinski definition) is 0. The van der Waals surface area contributed by atoms with E-state index in [1.54, 1.807) is 13.8 Å². The number of aliphatic imine (C=N–C) groups is 1. The van der Waals surface area contributed by atoms with E-state index >= 15 is 0 Å². The highest BCUT2D eigenvalue weighted by atomic mass is 16.7. The molecule has 0 radical (unpaired) electrons. The van der Waals surface area contributed by atoms with Crippen molar-refractivity contribution in [3.8, 4) is 0 Å². The van der Waals surface area contributed by atoms with Crippen LogP contribution in [0.25, 0.3) is 0 Å². The summed E-state index contributed by atoms with van der Waals surface area (Å²) in [6, 6.07) is 0. The number of carbonyl (C=O) groups excluding carboxylic acids is 1. The topological polar surface area (TPSA) is 47.9 Å². The van der Waals surface area contributed by atoms with Crippen LogP contribution in [0, 0.1) is 0 Å². The van der Waals surface area contributed by atoms with Crippen LogP contribution in [0.3, 0.4) is 0 Å². The highest BCUT2D eigenvalue weighted by molar-refractivity contribution is 5.33. The van der Waals surface area contributed by atoms with Crippen LogP contribution in [0.1, 0.15) is 13.8 Å². The van der Waals surface area contributed by atoms with Crippen LogP contribution in [0.15, 0.2) is 4.99 Å². The maximum Gasteiger partial charge on any atom is 0.237 e. The van der Waals surface area contributed by atoms with Crippen molar-refractivity contribution < 1.29 is 14.3 Å². The molecule has 0 aromatic heterocycles. The Balaban J connectivity index is 2.51. The van der Waals surface area contributed by atoms with Gasteiger partial charge in [-0.25, -0.2) is 4.79 Å². The molecule has 0 bridgehead atoms. The van der Waals surface area contributed by atoms with Gasteiger partial charge in [0.1, 0.15) is 0 Å². The molecule has 4 nitrogen and oxygen atoms in total.